The Kier molecular flexibility index (Phi) is 6.47. The van der Waals surface area contributed by atoms with Crippen molar-refractivity contribution < 1.29 is 0 Å². The van der Waals surface area contributed by atoms with Crippen LogP contribution in [0.25, 0.3) is 0 Å². The van der Waals surface area contributed by atoms with Gasteiger partial charge in [0.05, 0.1) is 0 Å². The van der Waals surface area contributed by atoms with E-state index in [1.165, 1.54) is 32.7 Å². The highest BCUT2D eigenvalue weighted by Crippen LogP contribution is 2.22. The van der Waals surface area contributed by atoms with Crippen molar-refractivity contribution >= 4 is 5.96 Å². The van der Waals surface area contributed by atoms with Gasteiger partial charge in [0.15, 0.2) is 5.96 Å². The molecule has 1 saturated carbocycles. The number of guanidine groups is 1. The summed E-state index contributed by atoms with van der Waals surface area (Å²) in [5.41, 5.74) is 15.1. The zero-order valence-corrected chi connectivity index (χ0v) is 7.79. The molecule has 0 amide bonds. The second kappa shape index (κ2) is 6.91. The lowest BCUT2D eigenvalue weighted by Gasteiger charge is -1.99. The van der Waals surface area contributed by atoms with E-state index in [-0.39, 0.29) is 5.96 Å². The molecule has 0 aromatic carbocycles. The van der Waals surface area contributed by atoms with E-state index in [9.17, 15) is 0 Å². The first kappa shape index (κ1) is 11.2. The number of nitrogens with zero attached hydrogens (tertiary/aromatic N) is 1. The van der Waals surface area contributed by atoms with Crippen LogP contribution in [0.2, 0.25) is 0 Å². The fourth-order valence-electron chi connectivity index (χ4n) is 1.25. The molecule has 4 nitrogen and oxygen atoms in total. The van der Waals surface area contributed by atoms with Gasteiger partial charge in [-0.15, -0.1) is 0 Å². The van der Waals surface area contributed by atoms with Crippen molar-refractivity contribution in [1.29, 1.82) is 0 Å². The lowest BCUT2D eigenvalue weighted by molar-refractivity contribution is 0.562. The molecule has 1 rings (SSSR count). The number of hydrogen-bond donors (Lipinski definition) is 3. The molecule has 1 aliphatic carbocycles. The van der Waals surface area contributed by atoms with Crippen LogP contribution >= 0.6 is 0 Å². The van der Waals surface area contributed by atoms with Crippen LogP contribution in [0.4, 0.5) is 0 Å². The molecule has 0 aromatic rings. The molecule has 72 valence electrons. The molecular weight excluding hydrogens is 152 g/mol. The van der Waals surface area contributed by atoms with Crippen molar-refractivity contribution in [3.05, 3.63) is 0 Å². The van der Waals surface area contributed by atoms with Gasteiger partial charge in [-0.3, -0.25) is 4.99 Å². The Bertz CT molecular complexity index is 123. The molecule has 0 spiro atoms. The molecule has 1 fully saturated rings. The highest BCUT2D eigenvalue weighted by molar-refractivity contribution is 5.75. The first-order valence-corrected chi connectivity index (χ1v) is 4.38. The Balaban J connectivity index is 0.000000217. The third kappa shape index (κ3) is 5.97. The average Bonchev–Trinajstić information content (AvgIpc) is 2.57. The minimum absolute atomic E-state index is 0.130. The summed E-state index contributed by atoms with van der Waals surface area (Å²) in [6.07, 6.45) is 5.61. The van der Waals surface area contributed by atoms with Gasteiger partial charge >= 0.3 is 0 Å². The van der Waals surface area contributed by atoms with E-state index in [1.54, 1.807) is 0 Å². The zero-order chi connectivity index (χ0) is 9.40. The second-order valence-corrected chi connectivity index (χ2v) is 3.03. The summed E-state index contributed by atoms with van der Waals surface area (Å²) in [7, 11) is 1.54. The van der Waals surface area contributed by atoms with Gasteiger partial charge in [0, 0.05) is 7.05 Å². The topological polar surface area (TPSA) is 90.4 Å². The monoisotopic (exact) mass is 172 g/mol. The highest BCUT2D eigenvalue weighted by Gasteiger charge is 2.11. The fourth-order valence-corrected chi connectivity index (χ4v) is 1.25. The molecule has 12 heavy (non-hydrogen) atoms. The Labute approximate surface area is 74.2 Å². The van der Waals surface area contributed by atoms with Gasteiger partial charge in [0.2, 0.25) is 0 Å². The van der Waals surface area contributed by atoms with Gasteiger partial charge in [-0.1, -0.05) is 12.8 Å². The van der Waals surface area contributed by atoms with E-state index in [0.717, 1.165) is 12.5 Å². The molecular formula is C8H20N4. The highest BCUT2D eigenvalue weighted by atomic mass is 15.0. The van der Waals surface area contributed by atoms with Crippen molar-refractivity contribution in [1.82, 2.24) is 0 Å². The summed E-state index contributed by atoms with van der Waals surface area (Å²) < 4.78 is 0. The maximum Gasteiger partial charge on any atom is 0.185 e. The third-order valence-electron chi connectivity index (χ3n) is 2.07. The van der Waals surface area contributed by atoms with Gasteiger partial charge in [0.25, 0.3) is 0 Å². The summed E-state index contributed by atoms with van der Waals surface area (Å²) >= 11 is 0. The van der Waals surface area contributed by atoms with E-state index in [4.69, 9.17) is 17.2 Å². The number of rotatable bonds is 1. The molecule has 0 aromatic heterocycles. The number of nitrogens with two attached hydrogens (primary N) is 3. The maximum atomic E-state index is 5.43. The van der Waals surface area contributed by atoms with E-state index >= 15 is 0 Å². The van der Waals surface area contributed by atoms with Crippen molar-refractivity contribution in [2.45, 2.75) is 25.7 Å². The summed E-state index contributed by atoms with van der Waals surface area (Å²) in [5.74, 6) is 1.00. The molecule has 0 aliphatic heterocycles. The fraction of sp³-hybridized carbons (Fsp3) is 0.875. The number of aliphatic imine (C=N–C) groups is 1. The van der Waals surface area contributed by atoms with Crippen LogP contribution in [-0.2, 0) is 0 Å². The molecule has 0 atom stereocenters. The largest absolute Gasteiger partial charge is 0.370 e. The zero-order valence-electron chi connectivity index (χ0n) is 7.79. The molecule has 4 heteroatoms. The molecule has 6 N–H and O–H groups in total. The molecule has 0 radical (unpaired) electrons. The predicted molar refractivity (Wildman–Crippen MR) is 52.7 cm³/mol. The van der Waals surface area contributed by atoms with Crippen molar-refractivity contribution in [2.24, 2.45) is 28.1 Å². The quantitative estimate of drug-likeness (QED) is 0.385. The smallest absolute Gasteiger partial charge is 0.185 e. The second-order valence-electron chi connectivity index (χ2n) is 3.03. The van der Waals surface area contributed by atoms with E-state index in [2.05, 4.69) is 4.99 Å². The van der Waals surface area contributed by atoms with Crippen molar-refractivity contribution in [3.63, 3.8) is 0 Å². The van der Waals surface area contributed by atoms with E-state index in [0.29, 0.717) is 0 Å². The first-order valence-electron chi connectivity index (χ1n) is 4.38. The van der Waals surface area contributed by atoms with Gasteiger partial charge in [-0.05, 0) is 25.3 Å². The van der Waals surface area contributed by atoms with Crippen LogP contribution in [0.1, 0.15) is 25.7 Å². The van der Waals surface area contributed by atoms with Gasteiger partial charge in [-0.2, -0.15) is 0 Å². The Morgan fingerprint density at radius 2 is 1.75 bits per heavy atom. The summed E-state index contributed by atoms with van der Waals surface area (Å²) in [6, 6.07) is 0. The summed E-state index contributed by atoms with van der Waals surface area (Å²) in [5, 5.41) is 0. The van der Waals surface area contributed by atoms with Gasteiger partial charge in [0.1, 0.15) is 0 Å². The van der Waals surface area contributed by atoms with Crippen molar-refractivity contribution in [2.75, 3.05) is 13.6 Å². The molecule has 0 unspecified atom stereocenters. The normalized spacial score (nSPS) is 16.5. The molecule has 0 heterocycles. The van der Waals surface area contributed by atoms with E-state index < -0.39 is 0 Å². The Morgan fingerprint density at radius 1 is 1.33 bits per heavy atom. The first-order chi connectivity index (χ1) is 5.70. The van der Waals surface area contributed by atoms with Gasteiger partial charge in [-0.25, -0.2) is 0 Å². The van der Waals surface area contributed by atoms with Crippen LogP contribution in [0.15, 0.2) is 4.99 Å². The minimum Gasteiger partial charge on any atom is -0.370 e. The predicted octanol–water partition coefficient (Wildman–Crippen LogP) is 0.0249. The van der Waals surface area contributed by atoms with Crippen LogP contribution in [-0.4, -0.2) is 19.6 Å². The lowest BCUT2D eigenvalue weighted by Crippen LogP contribution is -2.21. The standard InChI is InChI=1S/C6H13N.C2H7N3/c7-5-6-3-1-2-4-6;1-5-2(3)4/h6H,1-5,7H2;1H3,(H4,3,4,5). The van der Waals surface area contributed by atoms with E-state index in [1.807, 2.05) is 0 Å². The lowest BCUT2D eigenvalue weighted by atomic mass is 10.1. The van der Waals surface area contributed by atoms with Crippen LogP contribution in [0, 0.1) is 5.92 Å². The third-order valence-corrected chi connectivity index (χ3v) is 2.07. The van der Waals surface area contributed by atoms with Crippen LogP contribution in [0.3, 0.4) is 0 Å². The minimum atomic E-state index is 0.130. The average molecular weight is 172 g/mol. The maximum absolute atomic E-state index is 5.43. The number of hydrogen-bond acceptors (Lipinski definition) is 2. The molecule has 0 bridgehead atoms. The Hall–Kier alpha value is -0.770. The molecule has 1 aliphatic rings. The Morgan fingerprint density at radius 3 is 1.92 bits per heavy atom. The van der Waals surface area contributed by atoms with Gasteiger partial charge < -0.3 is 17.2 Å². The summed E-state index contributed by atoms with van der Waals surface area (Å²) in [4.78, 5) is 3.36. The SMILES string of the molecule is CN=C(N)N.NCC1CCCC1. The van der Waals surface area contributed by atoms with Crippen LogP contribution in [0.5, 0.6) is 0 Å². The van der Waals surface area contributed by atoms with Crippen molar-refractivity contribution in [3.8, 4) is 0 Å². The summed E-state index contributed by atoms with van der Waals surface area (Å²) in [6.45, 7) is 0.917. The van der Waals surface area contributed by atoms with Crippen LogP contribution < -0.4 is 17.2 Å². The molecule has 0 saturated heterocycles.